The zero-order valence-corrected chi connectivity index (χ0v) is 12.8. The maximum atomic E-state index is 12.5. The fourth-order valence-corrected chi connectivity index (χ4v) is 2.61. The van der Waals surface area contributed by atoms with E-state index in [0.29, 0.717) is 24.3 Å². The maximum absolute atomic E-state index is 12.5. The fraction of sp³-hybridized carbons (Fsp3) is 0.333. The molecule has 120 valence electrons. The van der Waals surface area contributed by atoms with E-state index in [9.17, 15) is 14.9 Å². The molecule has 0 unspecified atom stereocenters. The minimum atomic E-state index is -0.476. The van der Waals surface area contributed by atoms with Crippen LogP contribution in [-0.2, 0) is 0 Å². The zero-order chi connectivity index (χ0) is 16.4. The van der Waals surface area contributed by atoms with Crippen molar-refractivity contribution in [3.8, 4) is 5.69 Å². The summed E-state index contributed by atoms with van der Waals surface area (Å²) < 4.78 is 1.56. The molecule has 8 heteroatoms. The molecule has 0 spiro atoms. The Morgan fingerprint density at radius 1 is 1.26 bits per heavy atom. The first-order valence-corrected chi connectivity index (χ1v) is 7.31. The third-order valence-electron chi connectivity index (χ3n) is 3.99. The molecule has 8 nitrogen and oxygen atoms in total. The van der Waals surface area contributed by atoms with Crippen molar-refractivity contribution in [1.82, 2.24) is 19.4 Å². The number of piperazine rings is 1. The number of aromatic nitrogens is 2. The Morgan fingerprint density at radius 2 is 2.00 bits per heavy atom. The van der Waals surface area contributed by atoms with E-state index in [0.717, 1.165) is 13.1 Å². The molecule has 0 N–H and O–H groups in total. The van der Waals surface area contributed by atoms with E-state index in [-0.39, 0.29) is 11.6 Å². The first kappa shape index (κ1) is 15.2. The summed E-state index contributed by atoms with van der Waals surface area (Å²) in [6.45, 7) is 2.88. The molecule has 1 amide bonds. The van der Waals surface area contributed by atoms with Crippen molar-refractivity contribution in [1.29, 1.82) is 0 Å². The summed E-state index contributed by atoms with van der Waals surface area (Å²) in [5, 5.41) is 11.4. The number of nitro benzene ring substituents is 1. The van der Waals surface area contributed by atoms with E-state index in [1.54, 1.807) is 34.0 Å². The van der Waals surface area contributed by atoms with Crippen LogP contribution in [0.3, 0.4) is 0 Å². The fourth-order valence-electron chi connectivity index (χ4n) is 2.61. The lowest BCUT2D eigenvalue weighted by atomic mass is 10.1. The van der Waals surface area contributed by atoms with E-state index >= 15 is 0 Å². The maximum Gasteiger partial charge on any atom is 0.294 e. The Bertz CT molecular complexity index is 721. The van der Waals surface area contributed by atoms with Gasteiger partial charge in [0.05, 0.1) is 11.3 Å². The first-order valence-electron chi connectivity index (χ1n) is 7.31. The highest BCUT2D eigenvalue weighted by Crippen LogP contribution is 2.25. The quantitative estimate of drug-likeness (QED) is 0.627. The highest BCUT2D eigenvalue weighted by Gasteiger charge is 2.24. The van der Waals surface area contributed by atoms with Crippen LogP contribution in [0.15, 0.2) is 36.9 Å². The number of hydrogen-bond donors (Lipinski definition) is 0. The molecule has 2 heterocycles. The molecule has 23 heavy (non-hydrogen) atoms. The van der Waals surface area contributed by atoms with Gasteiger partial charge in [0.15, 0.2) is 0 Å². The Labute approximate surface area is 133 Å². The molecular weight excluding hydrogens is 298 g/mol. The molecule has 1 aliphatic heterocycles. The van der Waals surface area contributed by atoms with Crippen LogP contribution in [0, 0.1) is 10.1 Å². The predicted molar refractivity (Wildman–Crippen MR) is 83.6 cm³/mol. The van der Waals surface area contributed by atoms with Gasteiger partial charge in [-0.05, 0) is 19.2 Å². The van der Waals surface area contributed by atoms with Crippen molar-refractivity contribution < 1.29 is 9.72 Å². The summed E-state index contributed by atoms with van der Waals surface area (Å²) in [5.74, 6) is -0.168. The molecule has 3 rings (SSSR count). The third kappa shape index (κ3) is 3.07. The van der Waals surface area contributed by atoms with Gasteiger partial charge in [0.2, 0.25) is 0 Å². The largest absolute Gasteiger partial charge is 0.336 e. The van der Waals surface area contributed by atoms with Gasteiger partial charge >= 0.3 is 0 Å². The summed E-state index contributed by atoms with van der Waals surface area (Å²) in [5.41, 5.74) is 0.621. The van der Waals surface area contributed by atoms with Gasteiger partial charge in [0.1, 0.15) is 5.69 Å². The SMILES string of the molecule is CN1CCN(C(=O)c2ccc(-n3ccnc3)c([N+](=O)[O-])c2)CC1. The molecule has 1 fully saturated rings. The first-order chi connectivity index (χ1) is 11.1. The Hall–Kier alpha value is -2.74. The van der Waals surface area contributed by atoms with Gasteiger partial charge in [0, 0.05) is 50.2 Å². The number of imidazole rings is 1. The molecule has 1 aromatic carbocycles. The topological polar surface area (TPSA) is 84.5 Å². The highest BCUT2D eigenvalue weighted by atomic mass is 16.6. The van der Waals surface area contributed by atoms with Crippen LogP contribution in [0.1, 0.15) is 10.4 Å². The van der Waals surface area contributed by atoms with Gasteiger partial charge in [-0.15, -0.1) is 0 Å². The van der Waals surface area contributed by atoms with Gasteiger partial charge < -0.3 is 14.4 Å². The summed E-state index contributed by atoms with van der Waals surface area (Å²) in [7, 11) is 2.01. The number of carbonyl (C=O) groups is 1. The van der Waals surface area contributed by atoms with Crippen molar-refractivity contribution in [3.63, 3.8) is 0 Å². The summed E-state index contributed by atoms with van der Waals surface area (Å²) >= 11 is 0. The third-order valence-corrected chi connectivity index (χ3v) is 3.99. The second kappa shape index (κ2) is 6.17. The van der Waals surface area contributed by atoms with E-state index in [1.165, 1.54) is 12.4 Å². The number of nitrogens with zero attached hydrogens (tertiary/aromatic N) is 5. The van der Waals surface area contributed by atoms with Gasteiger partial charge in [-0.2, -0.15) is 0 Å². The number of hydrogen-bond acceptors (Lipinski definition) is 5. The Morgan fingerprint density at radius 3 is 2.61 bits per heavy atom. The number of rotatable bonds is 3. The van der Waals surface area contributed by atoms with Crippen molar-refractivity contribution in [2.45, 2.75) is 0 Å². The molecular formula is C15H17N5O3. The number of nitro groups is 1. The average molecular weight is 315 g/mol. The molecule has 0 bridgehead atoms. The van der Waals surface area contributed by atoms with Crippen LogP contribution in [0.4, 0.5) is 5.69 Å². The monoisotopic (exact) mass is 315 g/mol. The molecule has 0 aliphatic carbocycles. The second-order valence-corrected chi connectivity index (χ2v) is 5.53. The molecule has 1 aromatic heterocycles. The lowest BCUT2D eigenvalue weighted by Gasteiger charge is -2.32. The molecule has 1 aliphatic rings. The van der Waals surface area contributed by atoms with Crippen LogP contribution in [-0.4, -0.2) is 63.4 Å². The second-order valence-electron chi connectivity index (χ2n) is 5.53. The molecule has 0 atom stereocenters. The van der Waals surface area contributed by atoms with E-state index in [1.807, 2.05) is 7.05 Å². The van der Waals surface area contributed by atoms with Crippen molar-refractivity contribution in [2.24, 2.45) is 0 Å². The lowest BCUT2D eigenvalue weighted by Crippen LogP contribution is -2.47. The highest BCUT2D eigenvalue weighted by molar-refractivity contribution is 5.95. The minimum absolute atomic E-state index is 0.108. The van der Waals surface area contributed by atoms with Crippen LogP contribution in [0.5, 0.6) is 0 Å². The summed E-state index contributed by atoms with van der Waals surface area (Å²) in [4.78, 5) is 31.2. The zero-order valence-electron chi connectivity index (χ0n) is 12.8. The number of benzene rings is 1. The van der Waals surface area contributed by atoms with Gasteiger partial charge in [-0.1, -0.05) is 0 Å². The van der Waals surface area contributed by atoms with Gasteiger partial charge in [0.25, 0.3) is 11.6 Å². The predicted octanol–water partition coefficient (Wildman–Crippen LogP) is 1.17. The van der Waals surface area contributed by atoms with Crippen LogP contribution >= 0.6 is 0 Å². The molecule has 0 saturated carbocycles. The molecule has 0 radical (unpaired) electrons. The average Bonchev–Trinajstić information content (AvgIpc) is 3.08. The number of amides is 1. The Kier molecular flexibility index (Phi) is 4.07. The molecule has 2 aromatic rings. The van der Waals surface area contributed by atoms with E-state index in [2.05, 4.69) is 9.88 Å². The summed E-state index contributed by atoms with van der Waals surface area (Å²) in [6.07, 6.45) is 4.67. The minimum Gasteiger partial charge on any atom is -0.336 e. The van der Waals surface area contributed by atoms with Crippen molar-refractivity contribution in [3.05, 3.63) is 52.6 Å². The van der Waals surface area contributed by atoms with Crippen LogP contribution < -0.4 is 0 Å². The Balaban J connectivity index is 1.90. The number of carbonyl (C=O) groups excluding carboxylic acids is 1. The standard InChI is InChI=1S/C15H17N5O3/c1-17-6-8-18(9-7-17)15(21)12-2-3-13(14(10-12)20(22)23)19-5-4-16-11-19/h2-5,10-11H,6-9H2,1H3. The molecule has 1 saturated heterocycles. The van der Waals surface area contributed by atoms with Gasteiger partial charge in [-0.25, -0.2) is 4.98 Å². The smallest absolute Gasteiger partial charge is 0.294 e. The van der Waals surface area contributed by atoms with Gasteiger partial charge in [-0.3, -0.25) is 14.9 Å². The normalized spacial score (nSPS) is 15.6. The van der Waals surface area contributed by atoms with E-state index < -0.39 is 4.92 Å². The van der Waals surface area contributed by atoms with Crippen LogP contribution in [0.2, 0.25) is 0 Å². The summed E-state index contributed by atoms with van der Waals surface area (Å²) in [6, 6.07) is 4.56. The van der Waals surface area contributed by atoms with Crippen molar-refractivity contribution in [2.75, 3.05) is 33.2 Å². The van der Waals surface area contributed by atoms with Crippen LogP contribution in [0.25, 0.3) is 5.69 Å². The van der Waals surface area contributed by atoms with Crippen molar-refractivity contribution >= 4 is 11.6 Å². The lowest BCUT2D eigenvalue weighted by molar-refractivity contribution is -0.384. The number of likely N-dealkylation sites (N-methyl/N-ethyl adjacent to an activating group) is 1. The van der Waals surface area contributed by atoms with E-state index in [4.69, 9.17) is 0 Å².